The number of rotatable bonds is 7. The largest absolute Gasteiger partial charge is 0.346 e. The molecule has 1 N–H and O–H groups in total. The Morgan fingerprint density at radius 3 is 2.79 bits per heavy atom. The summed E-state index contributed by atoms with van der Waals surface area (Å²) < 4.78 is 3.98. The summed E-state index contributed by atoms with van der Waals surface area (Å²) in [5.41, 5.74) is 3.78. The van der Waals surface area contributed by atoms with Crippen molar-refractivity contribution in [3.05, 3.63) is 72.5 Å². The zero-order chi connectivity index (χ0) is 20.2. The summed E-state index contributed by atoms with van der Waals surface area (Å²) >= 11 is 0. The first-order valence-corrected chi connectivity index (χ1v) is 9.58. The van der Waals surface area contributed by atoms with Crippen LogP contribution in [0.3, 0.4) is 0 Å². The maximum absolute atomic E-state index is 12.6. The van der Waals surface area contributed by atoms with Crippen LogP contribution in [0, 0.1) is 5.92 Å². The predicted octanol–water partition coefficient (Wildman–Crippen LogP) is 2.66. The van der Waals surface area contributed by atoms with Gasteiger partial charge in [-0.05, 0) is 24.1 Å². The third kappa shape index (κ3) is 4.31. The van der Waals surface area contributed by atoms with E-state index in [0.29, 0.717) is 30.1 Å². The first kappa shape index (κ1) is 18.8. The summed E-state index contributed by atoms with van der Waals surface area (Å²) in [5.74, 6) is 0.322. The smallest absolute Gasteiger partial charge is 0.253 e. The number of imidazole rings is 2. The van der Waals surface area contributed by atoms with Crippen molar-refractivity contribution < 1.29 is 4.79 Å². The van der Waals surface area contributed by atoms with E-state index < -0.39 is 0 Å². The van der Waals surface area contributed by atoms with Crippen molar-refractivity contribution >= 4 is 17.1 Å². The lowest BCUT2D eigenvalue weighted by Crippen LogP contribution is -2.24. The Morgan fingerprint density at radius 2 is 2.00 bits per heavy atom. The van der Waals surface area contributed by atoms with Crippen molar-refractivity contribution in [1.29, 1.82) is 0 Å². The van der Waals surface area contributed by atoms with Crippen LogP contribution >= 0.6 is 0 Å². The standard InChI is InChI=1S/C21H23N7O/c1-15(2)11-27-13-22-9-18(27)10-25-21(29)16-7-19-20(24-8-16)28(14-26-19)12-17-5-3-4-6-23-17/h3-9,13-15H,10-12H2,1-2H3,(H,25,29). The molecular weight excluding hydrogens is 366 g/mol. The van der Waals surface area contributed by atoms with Gasteiger partial charge < -0.3 is 14.5 Å². The average molecular weight is 389 g/mol. The lowest BCUT2D eigenvalue weighted by atomic mass is 10.2. The third-order valence-electron chi connectivity index (χ3n) is 4.57. The van der Waals surface area contributed by atoms with Gasteiger partial charge in [0, 0.05) is 25.1 Å². The van der Waals surface area contributed by atoms with Crippen molar-refractivity contribution in [3.63, 3.8) is 0 Å². The lowest BCUT2D eigenvalue weighted by molar-refractivity contribution is 0.0949. The van der Waals surface area contributed by atoms with E-state index in [1.807, 2.05) is 22.8 Å². The van der Waals surface area contributed by atoms with E-state index in [0.717, 1.165) is 23.6 Å². The number of fused-ring (bicyclic) bond motifs is 1. The first-order valence-electron chi connectivity index (χ1n) is 9.58. The van der Waals surface area contributed by atoms with Gasteiger partial charge in [0.05, 0.1) is 42.7 Å². The highest BCUT2D eigenvalue weighted by Crippen LogP contribution is 2.14. The van der Waals surface area contributed by atoms with Crippen molar-refractivity contribution in [3.8, 4) is 0 Å². The maximum atomic E-state index is 12.6. The topological polar surface area (TPSA) is 90.5 Å². The lowest BCUT2D eigenvalue weighted by Gasteiger charge is -2.11. The van der Waals surface area contributed by atoms with Crippen LogP contribution in [-0.4, -0.2) is 35.0 Å². The highest BCUT2D eigenvalue weighted by Gasteiger charge is 2.12. The molecular formula is C21H23N7O. The Bertz CT molecular complexity index is 1110. The van der Waals surface area contributed by atoms with E-state index >= 15 is 0 Å². The number of amides is 1. The van der Waals surface area contributed by atoms with Crippen molar-refractivity contribution in [2.45, 2.75) is 33.5 Å². The van der Waals surface area contributed by atoms with Crippen LogP contribution in [0.2, 0.25) is 0 Å². The number of nitrogens with one attached hydrogen (secondary N) is 1. The molecule has 4 heterocycles. The van der Waals surface area contributed by atoms with E-state index in [1.165, 1.54) is 0 Å². The number of aromatic nitrogens is 6. The van der Waals surface area contributed by atoms with Gasteiger partial charge in [0.25, 0.3) is 5.91 Å². The van der Waals surface area contributed by atoms with E-state index in [9.17, 15) is 4.79 Å². The van der Waals surface area contributed by atoms with Crippen LogP contribution in [0.1, 0.15) is 35.6 Å². The fraction of sp³-hybridized carbons (Fsp3) is 0.286. The number of hydrogen-bond acceptors (Lipinski definition) is 5. The monoisotopic (exact) mass is 389 g/mol. The summed E-state index contributed by atoms with van der Waals surface area (Å²) in [7, 11) is 0. The molecule has 0 aliphatic rings. The highest BCUT2D eigenvalue weighted by molar-refractivity contribution is 5.96. The molecule has 0 bridgehead atoms. The molecule has 0 aliphatic heterocycles. The Balaban J connectivity index is 1.46. The van der Waals surface area contributed by atoms with Gasteiger partial charge in [0.15, 0.2) is 5.65 Å². The van der Waals surface area contributed by atoms with Crippen LogP contribution in [0.15, 0.2) is 55.5 Å². The SMILES string of the molecule is CC(C)Cn1cncc1CNC(=O)c1cnc2c(c1)ncn2Cc1ccccn1. The zero-order valence-corrected chi connectivity index (χ0v) is 16.5. The summed E-state index contributed by atoms with van der Waals surface area (Å²) in [6.45, 7) is 6.16. The minimum Gasteiger partial charge on any atom is -0.346 e. The molecule has 8 heteroatoms. The summed E-state index contributed by atoms with van der Waals surface area (Å²) in [4.78, 5) is 30.0. The second-order valence-corrected chi connectivity index (χ2v) is 7.37. The summed E-state index contributed by atoms with van der Waals surface area (Å²) in [5, 5.41) is 2.94. The molecule has 0 aliphatic carbocycles. The number of nitrogens with zero attached hydrogens (tertiary/aromatic N) is 6. The van der Waals surface area contributed by atoms with Crippen molar-refractivity contribution in [2.75, 3.05) is 0 Å². The Hall–Kier alpha value is -3.55. The molecule has 4 aromatic heterocycles. The molecule has 29 heavy (non-hydrogen) atoms. The minimum atomic E-state index is -0.184. The first-order chi connectivity index (χ1) is 14.1. The quantitative estimate of drug-likeness (QED) is 0.525. The van der Waals surface area contributed by atoms with Gasteiger partial charge in [-0.1, -0.05) is 19.9 Å². The van der Waals surface area contributed by atoms with Gasteiger partial charge in [-0.25, -0.2) is 15.0 Å². The molecule has 0 fully saturated rings. The van der Waals surface area contributed by atoms with E-state index in [1.54, 1.807) is 37.3 Å². The Labute approximate surface area is 168 Å². The van der Waals surface area contributed by atoms with Crippen LogP contribution in [0.4, 0.5) is 0 Å². The highest BCUT2D eigenvalue weighted by atomic mass is 16.1. The van der Waals surface area contributed by atoms with E-state index in [2.05, 4.69) is 43.7 Å². The molecule has 4 aromatic rings. The normalized spacial score (nSPS) is 11.3. The molecule has 0 spiro atoms. The molecule has 4 rings (SSSR count). The van der Waals surface area contributed by atoms with Crippen molar-refractivity contribution in [1.82, 2.24) is 34.4 Å². The molecule has 0 atom stereocenters. The predicted molar refractivity (Wildman–Crippen MR) is 109 cm³/mol. The molecule has 0 aromatic carbocycles. The number of carbonyl (C=O) groups excluding carboxylic acids is 1. The molecule has 148 valence electrons. The third-order valence-corrected chi connectivity index (χ3v) is 4.57. The van der Waals surface area contributed by atoms with E-state index in [4.69, 9.17) is 0 Å². The van der Waals surface area contributed by atoms with Gasteiger partial charge in [0.1, 0.15) is 5.52 Å². The molecule has 1 amide bonds. The average Bonchev–Trinajstić information content (AvgIpc) is 3.33. The Morgan fingerprint density at radius 1 is 1.10 bits per heavy atom. The fourth-order valence-electron chi connectivity index (χ4n) is 3.18. The number of pyridine rings is 2. The van der Waals surface area contributed by atoms with Crippen LogP contribution in [0.25, 0.3) is 11.2 Å². The van der Waals surface area contributed by atoms with Gasteiger partial charge >= 0.3 is 0 Å². The maximum Gasteiger partial charge on any atom is 0.253 e. The fourth-order valence-corrected chi connectivity index (χ4v) is 3.18. The van der Waals surface area contributed by atoms with Crippen LogP contribution in [0.5, 0.6) is 0 Å². The van der Waals surface area contributed by atoms with Crippen LogP contribution in [-0.2, 0) is 19.6 Å². The molecule has 0 saturated carbocycles. The summed E-state index contributed by atoms with van der Waals surface area (Å²) in [6, 6.07) is 7.55. The minimum absolute atomic E-state index is 0.184. The van der Waals surface area contributed by atoms with Gasteiger partial charge in [0.2, 0.25) is 0 Å². The Kier molecular flexibility index (Phi) is 5.33. The van der Waals surface area contributed by atoms with Gasteiger partial charge in [-0.2, -0.15) is 0 Å². The molecule has 0 unspecified atom stereocenters. The molecule has 0 saturated heterocycles. The number of carbonyl (C=O) groups is 1. The molecule has 8 nitrogen and oxygen atoms in total. The van der Waals surface area contributed by atoms with Crippen LogP contribution < -0.4 is 5.32 Å². The van der Waals surface area contributed by atoms with E-state index in [-0.39, 0.29) is 5.91 Å². The van der Waals surface area contributed by atoms with Gasteiger partial charge in [-0.3, -0.25) is 9.78 Å². The second-order valence-electron chi connectivity index (χ2n) is 7.37. The van der Waals surface area contributed by atoms with Gasteiger partial charge in [-0.15, -0.1) is 0 Å². The zero-order valence-electron chi connectivity index (χ0n) is 16.5. The summed E-state index contributed by atoms with van der Waals surface area (Å²) in [6.07, 6.45) is 8.64. The van der Waals surface area contributed by atoms with Crippen molar-refractivity contribution in [2.24, 2.45) is 5.92 Å². The number of hydrogen-bond donors (Lipinski definition) is 1. The molecule has 0 radical (unpaired) electrons. The second kappa shape index (κ2) is 8.22.